The minimum Gasteiger partial charge on any atom is -0.343 e. The zero-order valence-corrected chi connectivity index (χ0v) is 20.5. The fourth-order valence-electron chi connectivity index (χ4n) is 4.64. The van der Waals surface area contributed by atoms with Crippen LogP contribution in [0.1, 0.15) is 19.8 Å². The summed E-state index contributed by atoms with van der Waals surface area (Å²) in [6.45, 7) is 3.24. The summed E-state index contributed by atoms with van der Waals surface area (Å²) in [6, 6.07) is 14.3. The number of rotatable bonds is 4. The summed E-state index contributed by atoms with van der Waals surface area (Å²) in [5.74, 6) is 0.671. The highest BCUT2D eigenvalue weighted by Crippen LogP contribution is 2.32. The fraction of sp³-hybridized carbons (Fsp3) is 0.280. The third kappa shape index (κ3) is 4.39. The van der Waals surface area contributed by atoms with Crippen LogP contribution in [0.2, 0.25) is 10.0 Å². The molecule has 8 nitrogen and oxygen atoms in total. The molecule has 3 heterocycles. The summed E-state index contributed by atoms with van der Waals surface area (Å²) in [5, 5.41) is 1.03. The number of amides is 1. The van der Waals surface area contributed by atoms with Crippen molar-refractivity contribution in [1.82, 2.24) is 24.0 Å². The van der Waals surface area contributed by atoms with Crippen molar-refractivity contribution in [3.63, 3.8) is 0 Å². The van der Waals surface area contributed by atoms with Crippen molar-refractivity contribution in [3.05, 3.63) is 79.4 Å². The molecule has 35 heavy (non-hydrogen) atoms. The summed E-state index contributed by atoms with van der Waals surface area (Å²) in [7, 11) is 0. The molecular weight excluding hydrogens is 489 g/mol. The molecule has 1 fully saturated rings. The van der Waals surface area contributed by atoms with Crippen LogP contribution in [0, 0.1) is 5.92 Å². The number of hydrogen-bond acceptors (Lipinski definition) is 4. The molecule has 1 N–H and O–H groups in total. The first-order chi connectivity index (χ1) is 16.8. The van der Waals surface area contributed by atoms with Gasteiger partial charge >= 0.3 is 5.69 Å². The number of nitrogens with one attached hydrogen (secondary N) is 1. The van der Waals surface area contributed by atoms with Crippen LogP contribution in [-0.4, -0.2) is 43.0 Å². The van der Waals surface area contributed by atoms with Gasteiger partial charge in [0.2, 0.25) is 5.91 Å². The van der Waals surface area contributed by atoms with Crippen molar-refractivity contribution in [2.24, 2.45) is 5.92 Å². The highest BCUT2D eigenvalue weighted by molar-refractivity contribution is 6.33. The minimum atomic E-state index is -0.534. The van der Waals surface area contributed by atoms with E-state index in [9.17, 15) is 14.4 Å². The molecule has 2 aromatic heterocycles. The molecule has 0 radical (unpaired) electrons. The Morgan fingerprint density at radius 3 is 2.40 bits per heavy atom. The Labute approximate surface area is 210 Å². The molecule has 0 spiro atoms. The molecule has 5 rings (SSSR count). The molecule has 0 saturated carbocycles. The van der Waals surface area contributed by atoms with Gasteiger partial charge in [-0.05, 0) is 55.2 Å². The van der Waals surface area contributed by atoms with Gasteiger partial charge in [0.05, 0.1) is 5.02 Å². The van der Waals surface area contributed by atoms with E-state index in [0.717, 1.165) is 12.8 Å². The third-order valence-electron chi connectivity index (χ3n) is 6.50. The van der Waals surface area contributed by atoms with E-state index in [0.29, 0.717) is 46.8 Å². The Hall–Kier alpha value is -3.36. The maximum absolute atomic E-state index is 13.1. The second-order valence-corrected chi connectivity index (χ2v) is 9.56. The van der Waals surface area contributed by atoms with Gasteiger partial charge in [0.25, 0.3) is 5.56 Å². The van der Waals surface area contributed by atoms with Crippen LogP contribution in [0.5, 0.6) is 0 Å². The van der Waals surface area contributed by atoms with Gasteiger partial charge in [0.1, 0.15) is 5.82 Å². The highest BCUT2D eigenvalue weighted by Gasteiger charge is 2.25. The second-order valence-electron chi connectivity index (χ2n) is 8.72. The predicted octanol–water partition coefficient (Wildman–Crippen LogP) is 4.11. The van der Waals surface area contributed by atoms with E-state index in [2.05, 4.69) is 4.98 Å². The van der Waals surface area contributed by atoms with Crippen molar-refractivity contribution in [3.8, 4) is 17.1 Å². The third-order valence-corrected chi connectivity index (χ3v) is 7.08. The standard InChI is InChI=1S/C25H23Cl2N5O3/c1-15(33)30-12-10-16(11-13-30)14-31-23-21(24(34)29-25(31)35)32(18-8-6-17(26)7-9-18)22(28-23)19-4-2-3-5-20(19)27/h2-9,16H,10-14H2,1H3,(H,29,34,35). The Morgan fingerprint density at radius 1 is 1.06 bits per heavy atom. The van der Waals surface area contributed by atoms with Crippen LogP contribution in [-0.2, 0) is 11.3 Å². The largest absolute Gasteiger partial charge is 0.343 e. The molecule has 0 bridgehead atoms. The molecule has 1 aliphatic rings. The Morgan fingerprint density at radius 2 is 1.74 bits per heavy atom. The lowest BCUT2D eigenvalue weighted by atomic mass is 9.96. The van der Waals surface area contributed by atoms with E-state index in [4.69, 9.17) is 28.2 Å². The first-order valence-electron chi connectivity index (χ1n) is 11.4. The average molecular weight is 512 g/mol. The van der Waals surface area contributed by atoms with E-state index in [1.54, 1.807) is 41.8 Å². The molecule has 2 aromatic carbocycles. The summed E-state index contributed by atoms with van der Waals surface area (Å²) < 4.78 is 3.23. The zero-order chi connectivity index (χ0) is 24.7. The van der Waals surface area contributed by atoms with E-state index in [-0.39, 0.29) is 23.0 Å². The van der Waals surface area contributed by atoms with Gasteiger partial charge in [-0.15, -0.1) is 0 Å². The summed E-state index contributed by atoms with van der Waals surface area (Å²) in [6.07, 6.45) is 1.53. The quantitative estimate of drug-likeness (QED) is 0.446. The molecule has 0 aliphatic carbocycles. The number of nitrogens with zero attached hydrogens (tertiary/aromatic N) is 4. The number of carbonyl (C=O) groups excluding carboxylic acids is 1. The molecule has 0 atom stereocenters. The number of aromatic amines is 1. The number of fused-ring (bicyclic) bond motifs is 1. The van der Waals surface area contributed by atoms with E-state index in [1.165, 1.54) is 4.57 Å². The number of hydrogen-bond donors (Lipinski definition) is 1. The van der Waals surface area contributed by atoms with Crippen molar-refractivity contribution in [1.29, 1.82) is 0 Å². The number of likely N-dealkylation sites (tertiary alicyclic amines) is 1. The number of halogens is 2. The van der Waals surface area contributed by atoms with Crippen LogP contribution in [0.4, 0.5) is 0 Å². The summed E-state index contributed by atoms with van der Waals surface area (Å²) >= 11 is 12.6. The summed E-state index contributed by atoms with van der Waals surface area (Å²) in [5.41, 5.74) is 0.794. The van der Waals surface area contributed by atoms with Gasteiger partial charge in [-0.1, -0.05) is 35.3 Å². The van der Waals surface area contributed by atoms with Gasteiger partial charge in [-0.3, -0.25) is 23.7 Å². The topological polar surface area (TPSA) is 93.0 Å². The molecular formula is C25H23Cl2N5O3. The van der Waals surface area contributed by atoms with Crippen LogP contribution in [0.3, 0.4) is 0 Å². The maximum atomic E-state index is 13.1. The normalized spacial score (nSPS) is 14.5. The first kappa shape index (κ1) is 23.4. The molecule has 4 aromatic rings. The predicted molar refractivity (Wildman–Crippen MR) is 136 cm³/mol. The number of piperidine rings is 1. The molecule has 1 saturated heterocycles. The van der Waals surface area contributed by atoms with Crippen LogP contribution in [0.15, 0.2) is 58.1 Å². The lowest BCUT2D eigenvalue weighted by molar-refractivity contribution is -0.130. The van der Waals surface area contributed by atoms with E-state index >= 15 is 0 Å². The summed E-state index contributed by atoms with van der Waals surface area (Å²) in [4.78, 5) is 46.8. The van der Waals surface area contributed by atoms with Crippen molar-refractivity contribution < 1.29 is 4.79 Å². The number of imidazole rings is 1. The molecule has 1 aliphatic heterocycles. The minimum absolute atomic E-state index is 0.0538. The van der Waals surface area contributed by atoms with Gasteiger partial charge in [0, 0.05) is 42.8 Å². The lowest BCUT2D eigenvalue weighted by Crippen LogP contribution is -2.40. The van der Waals surface area contributed by atoms with Crippen molar-refractivity contribution >= 4 is 40.3 Å². The Bertz CT molecular complexity index is 1530. The van der Waals surface area contributed by atoms with Crippen molar-refractivity contribution in [2.45, 2.75) is 26.3 Å². The number of H-pyrrole nitrogens is 1. The van der Waals surface area contributed by atoms with Gasteiger partial charge in [-0.25, -0.2) is 9.78 Å². The van der Waals surface area contributed by atoms with Crippen LogP contribution in [0.25, 0.3) is 28.2 Å². The highest BCUT2D eigenvalue weighted by atomic mass is 35.5. The number of carbonyl (C=O) groups is 1. The number of benzene rings is 2. The van der Waals surface area contributed by atoms with Gasteiger partial charge in [-0.2, -0.15) is 0 Å². The van der Waals surface area contributed by atoms with Crippen LogP contribution >= 0.6 is 23.2 Å². The smallest absolute Gasteiger partial charge is 0.330 e. The molecule has 0 unspecified atom stereocenters. The van der Waals surface area contributed by atoms with Gasteiger partial charge in [0.15, 0.2) is 11.2 Å². The molecule has 180 valence electrons. The van der Waals surface area contributed by atoms with Gasteiger partial charge < -0.3 is 4.90 Å². The monoisotopic (exact) mass is 511 g/mol. The van der Waals surface area contributed by atoms with E-state index in [1.807, 2.05) is 23.1 Å². The van der Waals surface area contributed by atoms with E-state index < -0.39 is 11.2 Å². The molecule has 1 amide bonds. The Balaban J connectivity index is 1.69. The second kappa shape index (κ2) is 9.36. The Kier molecular flexibility index (Phi) is 6.25. The number of aromatic nitrogens is 4. The lowest BCUT2D eigenvalue weighted by Gasteiger charge is -2.31. The average Bonchev–Trinajstić information content (AvgIpc) is 3.23. The molecule has 10 heteroatoms. The SMILES string of the molecule is CC(=O)N1CCC(Cn2c(=O)[nH]c(=O)c3c2nc(-c2ccccc2Cl)n3-c2ccc(Cl)cc2)CC1. The van der Waals surface area contributed by atoms with Crippen LogP contribution < -0.4 is 11.2 Å². The maximum Gasteiger partial charge on any atom is 0.330 e. The van der Waals surface area contributed by atoms with Crippen molar-refractivity contribution in [2.75, 3.05) is 13.1 Å². The zero-order valence-electron chi connectivity index (χ0n) is 19.0. The fourth-order valence-corrected chi connectivity index (χ4v) is 4.99. The first-order valence-corrected chi connectivity index (χ1v) is 12.1.